The van der Waals surface area contributed by atoms with Crippen LogP contribution in [0, 0.1) is 20.8 Å². The minimum Gasteiger partial charge on any atom is -0.464 e. The Morgan fingerprint density at radius 2 is 1.88 bits per heavy atom. The van der Waals surface area contributed by atoms with Crippen molar-refractivity contribution >= 4 is 27.8 Å². The summed E-state index contributed by atoms with van der Waals surface area (Å²) in [6.07, 6.45) is 3.23. The summed E-state index contributed by atoms with van der Waals surface area (Å²) in [6, 6.07) is 2.15. The summed E-state index contributed by atoms with van der Waals surface area (Å²) in [5.41, 5.74) is 4.24. The van der Waals surface area contributed by atoms with E-state index in [2.05, 4.69) is 5.32 Å². The van der Waals surface area contributed by atoms with Gasteiger partial charge in [-0.2, -0.15) is 0 Å². The fraction of sp³-hybridized carbons (Fsp3) is 0.429. The lowest BCUT2D eigenvalue weighted by Crippen LogP contribution is -2.32. The van der Waals surface area contributed by atoms with Crippen molar-refractivity contribution in [3.63, 3.8) is 0 Å². The van der Waals surface area contributed by atoms with Crippen LogP contribution in [0.15, 0.2) is 26.0 Å². The Labute approximate surface area is 152 Å². The molecule has 2 aromatic heterocycles. The molecule has 5 heteroatoms. The van der Waals surface area contributed by atoms with E-state index in [1.54, 1.807) is 6.26 Å². The molecule has 0 aliphatic heterocycles. The van der Waals surface area contributed by atoms with Gasteiger partial charge < -0.3 is 14.2 Å². The summed E-state index contributed by atoms with van der Waals surface area (Å²) in [7, 11) is 0. The van der Waals surface area contributed by atoms with E-state index in [0.717, 1.165) is 39.5 Å². The first-order valence-electron chi connectivity index (χ1n) is 9.06. The molecule has 26 heavy (non-hydrogen) atoms. The molecule has 1 atom stereocenters. The molecule has 3 aromatic rings. The van der Waals surface area contributed by atoms with E-state index < -0.39 is 0 Å². The maximum atomic E-state index is 12.5. The van der Waals surface area contributed by atoms with Crippen molar-refractivity contribution in [2.45, 2.75) is 59.9 Å². The van der Waals surface area contributed by atoms with Gasteiger partial charge in [-0.25, -0.2) is 4.79 Å². The highest BCUT2D eigenvalue weighted by Gasteiger charge is 2.18. The molecule has 2 heterocycles. The number of amides is 1. The van der Waals surface area contributed by atoms with E-state index in [1.807, 2.05) is 40.7 Å². The molecular weight excluding hydrogens is 330 g/mol. The minimum absolute atomic E-state index is 0.0458. The molecule has 138 valence electrons. The van der Waals surface area contributed by atoms with Crippen molar-refractivity contribution in [3.05, 3.63) is 45.0 Å². The molecule has 5 nitrogen and oxygen atoms in total. The average molecular weight is 355 g/mol. The van der Waals surface area contributed by atoms with Crippen LogP contribution < -0.4 is 10.9 Å². The van der Waals surface area contributed by atoms with Gasteiger partial charge in [0.15, 0.2) is 0 Å². The molecule has 0 radical (unpaired) electrons. The zero-order valence-electron chi connectivity index (χ0n) is 16.0. The molecular formula is C21H25NO4. The molecule has 0 fully saturated rings. The standard InChI is InChI=1S/C21H25NO4/c1-6-12(3)22-18(23)8-7-15-13(4)17-9-16-11(2)10-25-19(16)14(5)20(17)26-21(15)24/h9-10,12H,6-8H2,1-5H3,(H,22,23). The van der Waals surface area contributed by atoms with Crippen LogP contribution in [0.3, 0.4) is 0 Å². The Kier molecular flexibility index (Phi) is 4.90. The second-order valence-corrected chi connectivity index (χ2v) is 7.04. The predicted molar refractivity (Wildman–Crippen MR) is 103 cm³/mol. The van der Waals surface area contributed by atoms with Crippen molar-refractivity contribution in [2.24, 2.45) is 0 Å². The number of hydrogen-bond donors (Lipinski definition) is 1. The van der Waals surface area contributed by atoms with Crippen molar-refractivity contribution in [3.8, 4) is 0 Å². The Morgan fingerprint density at radius 3 is 2.58 bits per heavy atom. The van der Waals surface area contributed by atoms with Gasteiger partial charge in [0, 0.05) is 34.4 Å². The van der Waals surface area contributed by atoms with Gasteiger partial charge in [-0.3, -0.25) is 4.79 Å². The van der Waals surface area contributed by atoms with Gasteiger partial charge in [0.2, 0.25) is 5.91 Å². The first kappa shape index (κ1) is 18.2. The van der Waals surface area contributed by atoms with Crippen molar-refractivity contribution in [1.29, 1.82) is 0 Å². The van der Waals surface area contributed by atoms with Crippen LogP contribution in [0.25, 0.3) is 21.9 Å². The molecule has 1 amide bonds. The van der Waals surface area contributed by atoms with E-state index in [9.17, 15) is 9.59 Å². The Bertz CT molecular complexity index is 1040. The second kappa shape index (κ2) is 6.98. The van der Waals surface area contributed by atoms with Crippen LogP contribution in [-0.2, 0) is 11.2 Å². The van der Waals surface area contributed by atoms with Gasteiger partial charge in [0.25, 0.3) is 0 Å². The monoisotopic (exact) mass is 355 g/mol. The minimum atomic E-state index is -0.378. The lowest BCUT2D eigenvalue weighted by molar-refractivity contribution is -0.121. The number of fused-ring (bicyclic) bond motifs is 2. The number of aryl methyl sites for hydroxylation is 3. The third-order valence-electron chi connectivity index (χ3n) is 5.16. The van der Waals surface area contributed by atoms with Gasteiger partial charge >= 0.3 is 5.63 Å². The first-order valence-corrected chi connectivity index (χ1v) is 9.06. The van der Waals surface area contributed by atoms with Gasteiger partial charge in [0.1, 0.15) is 11.2 Å². The number of nitrogens with one attached hydrogen (secondary N) is 1. The molecule has 1 unspecified atom stereocenters. The third kappa shape index (κ3) is 3.14. The summed E-state index contributed by atoms with van der Waals surface area (Å²) in [4.78, 5) is 24.6. The predicted octanol–water partition coefficient (Wildman–Crippen LogP) is 4.31. The number of benzene rings is 1. The smallest absolute Gasteiger partial charge is 0.339 e. The molecule has 0 aliphatic rings. The Morgan fingerprint density at radius 1 is 1.15 bits per heavy atom. The van der Waals surface area contributed by atoms with E-state index in [-0.39, 0.29) is 24.0 Å². The third-order valence-corrected chi connectivity index (χ3v) is 5.16. The lowest BCUT2D eigenvalue weighted by Gasteiger charge is -2.12. The Hall–Kier alpha value is -2.56. The summed E-state index contributed by atoms with van der Waals surface area (Å²) >= 11 is 0. The zero-order valence-corrected chi connectivity index (χ0v) is 16.0. The number of furan rings is 1. The maximum Gasteiger partial charge on any atom is 0.339 e. The zero-order chi connectivity index (χ0) is 19.0. The van der Waals surface area contributed by atoms with E-state index in [4.69, 9.17) is 8.83 Å². The highest BCUT2D eigenvalue weighted by atomic mass is 16.4. The van der Waals surface area contributed by atoms with Gasteiger partial charge in [0.05, 0.1) is 6.26 Å². The maximum absolute atomic E-state index is 12.5. The molecule has 1 N–H and O–H groups in total. The number of rotatable bonds is 5. The second-order valence-electron chi connectivity index (χ2n) is 7.04. The molecule has 0 saturated carbocycles. The van der Waals surface area contributed by atoms with Crippen molar-refractivity contribution < 1.29 is 13.6 Å². The lowest BCUT2D eigenvalue weighted by atomic mass is 9.98. The molecule has 0 saturated heterocycles. The van der Waals surface area contributed by atoms with Crippen LogP contribution in [-0.4, -0.2) is 11.9 Å². The molecule has 0 spiro atoms. The molecule has 3 rings (SSSR count). The van der Waals surface area contributed by atoms with Gasteiger partial charge in [-0.15, -0.1) is 0 Å². The highest BCUT2D eigenvalue weighted by molar-refractivity contribution is 5.99. The van der Waals surface area contributed by atoms with Crippen LogP contribution in [0.2, 0.25) is 0 Å². The summed E-state index contributed by atoms with van der Waals surface area (Å²) < 4.78 is 11.2. The normalized spacial score (nSPS) is 12.7. The number of carbonyl (C=O) groups is 1. The summed E-state index contributed by atoms with van der Waals surface area (Å²) in [5.74, 6) is -0.0458. The van der Waals surface area contributed by atoms with Crippen LogP contribution in [0.4, 0.5) is 0 Å². The van der Waals surface area contributed by atoms with Crippen LogP contribution in [0.5, 0.6) is 0 Å². The fourth-order valence-corrected chi connectivity index (χ4v) is 3.30. The van der Waals surface area contributed by atoms with E-state index >= 15 is 0 Å². The SMILES string of the molecule is CCC(C)NC(=O)CCc1c(C)c2cc3c(C)coc3c(C)c2oc1=O. The van der Waals surface area contributed by atoms with Crippen molar-refractivity contribution in [2.75, 3.05) is 0 Å². The average Bonchev–Trinajstić information content (AvgIpc) is 2.97. The summed E-state index contributed by atoms with van der Waals surface area (Å²) in [6.45, 7) is 9.80. The molecule has 1 aromatic carbocycles. The van der Waals surface area contributed by atoms with Crippen molar-refractivity contribution in [1.82, 2.24) is 5.32 Å². The van der Waals surface area contributed by atoms with Gasteiger partial charge in [-0.1, -0.05) is 6.92 Å². The molecule has 0 aliphatic carbocycles. The molecule has 0 bridgehead atoms. The highest BCUT2D eigenvalue weighted by Crippen LogP contribution is 2.32. The van der Waals surface area contributed by atoms with E-state index in [0.29, 0.717) is 17.6 Å². The fourth-order valence-electron chi connectivity index (χ4n) is 3.30. The topological polar surface area (TPSA) is 72.5 Å². The first-order chi connectivity index (χ1) is 12.3. The van der Waals surface area contributed by atoms with E-state index in [1.165, 1.54) is 0 Å². The Balaban J connectivity index is 2.02. The quantitative estimate of drug-likeness (QED) is 0.692. The number of carbonyl (C=O) groups excluding carboxylic acids is 1. The van der Waals surface area contributed by atoms with Gasteiger partial charge in [-0.05, 0) is 57.7 Å². The van der Waals surface area contributed by atoms with Crippen LogP contribution in [0.1, 0.15) is 48.9 Å². The largest absolute Gasteiger partial charge is 0.464 e. The van der Waals surface area contributed by atoms with Crippen LogP contribution >= 0.6 is 0 Å². The summed E-state index contributed by atoms with van der Waals surface area (Å²) in [5, 5.41) is 4.85. The number of hydrogen-bond acceptors (Lipinski definition) is 4.